The van der Waals surface area contributed by atoms with Gasteiger partial charge in [0.15, 0.2) is 5.82 Å². The van der Waals surface area contributed by atoms with Crippen LogP contribution >= 0.6 is 0 Å². The summed E-state index contributed by atoms with van der Waals surface area (Å²) >= 11 is 0. The van der Waals surface area contributed by atoms with Crippen molar-refractivity contribution in [2.24, 2.45) is 0 Å². The fourth-order valence-corrected chi connectivity index (χ4v) is 8.63. The van der Waals surface area contributed by atoms with Crippen LogP contribution in [0.4, 0.5) is 0 Å². The standard InChI is InChI=1S/C55H35N3/c1-2-15-36(16-3-1)51-35-52(38-30-28-37(29-31-38)50-27-12-13-32-56-50)58-55(57-51)41-19-14-18-40(33-41)53-45-23-8-10-25-47(45)54(48-26-11-9-24-46(48)53)49-34-39-17-4-5-20-42(39)43-21-6-7-22-44(43)49/h1-35H. The van der Waals surface area contributed by atoms with Gasteiger partial charge in [0.1, 0.15) is 0 Å². The van der Waals surface area contributed by atoms with E-state index in [0.717, 1.165) is 44.9 Å². The van der Waals surface area contributed by atoms with Crippen molar-refractivity contribution in [2.75, 3.05) is 0 Å². The zero-order valence-electron chi connectivity index (χ0n) is 31.5. The van der Waals surface area contributed by atoms with E-state index in [0.29, 0.717) is 5.82 Å². The third-order valence-corrected chi connectivity index (χ3v) is 11.3. The van der Waals surface area contributed by atoms with Crippen LogP contribution in [0.15, 0.2) is 212 Å². The van der Waals surface area contributed by atoms with Gasteiger partial charge in [0.25, 0.3) is 0 Å². The monoisotopic (exact) mass is 737 g/mol. The molecule has 0 amide bonds. The quantitative estimate of drug-likeness (QED) is 0.126. The predicted octanol–water partition coefficient (Wildman–Crippen LogP) is 14.5. The maximum Gasteiger partial charge on any atom is 0.160 e. The summed E-state index contributed by atoms with van der Waals surface area (Å²) in [6, 6.07) is 73.3. The second kappa shape index (κ2) is 14.1. The Morgan fingerprint density at radius 2 is 0.776 bits per heavy atom. The lowest BCUT2D eigenvalue weighted by Gasteiger charge is -2.20. The van der Waals surface area contributed by atoms with Gasteiger partial charge in [-0.3, -0.25) is 4.98 Å². The van der Waals surface area contributed by atoms with Crippen molar-refractivity contribution >= 4 is 43.1 Å². The zero-order valence-corrected chi connectivity index (χ0v) is 31.5. The molecule has 0 atom stereocenters. The number of rotatable bonds is 6. The molecule has 0 N–H and O–H groups in total. The first-order valence-electron chi connectivity index (χ1n) is 19.7. The number of nitrogens with zero attached hydrogens (tertiary/aromatic N) is 3. The lowest BCUT2D eigenvalue weighted by atomic mass is 9.83. The van der Waals surface area contributed by atoms with E-state index in [9.17, 15) is 0 Å². The van der Waals surface area contributed by atoms with Crippen molar-refractivity contribution in [1.82, 2.24) is 15.0 Å². The van der Waals surface area contributed by atoms with Crippen molar-refractivity contribution in [3.05, 3.63) is 212 Å². The average molecular weight is 738 g/mol. The number of hydrogen-bond donors (Lipinski definition) is 0. The van der Waals surface area contributed by atoms with E-state index < -0.39 is 0 Å². The highest BCUT2D eigenvalue weighted by molar-refractivity contribution is 6.25. The summed E-state index contributed by atoms with van der Waals surface area (Å²) < 4.78 is 0. The molecular weight excluding hydrogens is 703 g/mol. The summed E-state index contributed by atoms with van der Waals surface area (Å²) in [6.45, 7) is 0. The fraction of sp³-hybridized carbons (Fsp3) is 0. The van der Waals surface area contributed by atoms with E-state index in [1.54, 1.807) is 0 Å². The van der Waals surface area contributed by atoms with Gasteiger partial charge < -0.3 is 0 Å². The molecule has 9 aromatic carbocycles. The molecule has 0 bridgehead atoms. The Morgan fingerprint density at radius 3 is 1.43 bits per heavy atom. The molecule has 0 radical (unpaired) electrons. The number of fused-ring (bicyclic) bond motifs is 5. The predicted molar refractivity (Wildman–Crippen MR) is 242 cm³/mol. The van der Waals surface area contributed by atoms with Crippen LogP contribution in [0.5, 0.6) is 0 Å². The second-order valence-corrected chi connectivity index (χ2v) is 14.7. The van der Waals surface area contributed by atoms with Crippen LogP contribution in [-0.4, -0.2) is 15.0 Å². The molecular formula is C55H35N3. The van der Waals surface area contributed by atoms with Crippen LogP contribution in [0.1, 0.15) is 0 Å². The highest BCUT2D eigenvalue weighted by Gasteiger charge is 2.20. The molecule has 0 aliphatic carbocycles. The first-order valence-corrected chi connectivity index (χ1v) is 19.7. The Kier molecular flexibility index (Phi) is 8.15. The summed E-state index contributed by atoms with van der Waals surface area (Å²) in [4.78, 5) is 15.0. The van der Waals surface area contributed by atoms with Gasteiger partial charge in [-0.2, -0.15) is 0 Å². The molecule has 2 aromatic heterocycles. The smallest absolute Gasteiger partial charge is 0.160 e. The molecule has 0 saturated heterocycles. The van der Waals surface area contributed by atoms with E-state index in [-0.39, 0.29) is 0 Å². The second-order valence-electron chi connectivity index (χ2n) is 14.7. The third-order valence-electron chi connectivity index (χ3n) is 11.3. The molecule has 11 rings (SSSR count). The average Bonchev–Trinajstić information content (AvgIpc) is 3.31. The molecule has 270 valence electrons. The summed E-state index contributed by atoms with van der Waals surface area (Å²) in [7, 11) is 0. The van der Waals surface area contributed by atoms with Gasteiger partial charge in [0, 0.05) is 28.5 Å². The summed E-state index contributed by atoms with van der Waals surface area (Å²) in [5.41, 5.74) is 11.6. The largest absolute Gasteiger partial charge is 0.256 e. The molecule has 11 aromatic rings. The molecule has 0 fully saturated rings. The van der Waals surface area contributed by atoms with E-state index >= 15 is 0 Å². The van der Waals surface area contributed by atoms with Gasteiger partial charge in [-0.05, 0) is 95.7 Å². The van der Waals surface area contributed by atoms with Crippen LogP contribution in [-0.2, 0) is 0 Å². The summed E-state index contributed by atoms with van der Waals surface area (Å²) in [5, 5.41) is 9.89. The molecule has 0 saturated carbocycles. The lowest BCUT2D eigenvalue weighted by Crippen LogP contribution is -1.97. The topological polar surface area (TPSA) is 38.7 Å². The molecule has 0 aliphatic heterocycles. The first-order chi connectivity index (χ1) is 28.8. The van der Waals surface area contributed by atoms with Crippen LogP contribution in [0.25, 0.3) is 111 Å². The normalized spacial score (nSPS) is 11.4. The number of aromatic nitrogens is 3. The van der Waals surface area contributed by atoms with Crippen molar-refractivity contribution in [3.8, 4) is 67.4 Å². The molecule has 58 heavy (non-hydrogen) atoms. The summed E-state index contributed by atoms with van der Waals surface area (Å²) in [5.74, 6) is 0.680. The summed E-state index contributed by atoms with van der Waals surface area (Å²) in [6.07, 6.45) is 1.83. The van der Waals surface area contributed by atoms with Gasteiger partial charge in [-0.15, -0.1) is 0 Å². The molecule has 0 aliphatic rings. The van der Waals surface area contributed by atoms with Gasteiger partial charge in [-0.25, -0.2) is 9.97 Å². The maximum atomic E-state index is 5.24. The molecule has 3 nitrogen and oxygen atoms in total. The maximum absolute atomic E-state index is 5.24. The van der Waals surface area contributed by atoms with Gasteiger partial charge in [-0.1, -0.05) is 176 Å². The van der Waals surface area contributed by atoms with Gasteiger partial charge >= 0.3 is 0 Å². The number of benzene rings is 9. The Labute approximate surface area is 336 Å². The van der Waals surface area contributed by atoms with Crippen molar-refractivity contribution in [2.45, 2.75) is 0 Å². The zero-order chi connectivity index (χ0) is 38.4. The van der Waals surface area contributed by atoms with Crippen LogP contribution in [0.3, 0.4) is 0 Å². The van der Waals surface area contributed by atoms with Crippen LogP contribution in [0.2, 0.25) is 0 Å². The third kappa shape index (κ3) is 5.80. The van der Waals surface area contributed by atoms with E-state index in [1.165, 1.54) is 59.8 Å². The van der Waals surface area contributed by atoms with Crippen molar-refractivity contribution in [3.63, 3.8) is 0 Å². The van der Waals surface area contributed by atoms with Crippen molar-refractivity contribution < 1.29 is 0 Å². The Hall–Kier alpha value is -7.75. The number of pyridine rings is 1. The highest BCUT2D eigenvalue weighted by Crippen LogP contribution is 2.47. The van der Waals surface area contributed by atoms with E-state index in [2.05, 4.69) is 187 Å². The Bertz CT molecular complexity index is 3260. The Morgan fingerprint density at radius 1 is 0.276 bits per heavy atom. The highest BCUT2D eigenvalue weighted by atomic mass is 14.9. The van der Waals surface area contributed by atoms with Crippen LogP contribution < -0.4 is 0 Å². The van der Waals surface area contributed by atoms with E-state index in [1.807, 2.05) is 30.5 Å². The Balaban J connectivity index is 1.10. The van der Waals surface area contributed by atoms with Gasteiger partial charge in [0.05, 0.1) is 17.1 Å². The number of hydrogen-bond acceptors (Lipinski definition) is 3. The van der Waals surface area contributed by atoms with E-state index in [4.69, 9.17) is 9.97 Å². The minimum atomic E-state index is 0.680. The van der Waals surface area contributed by atoms with Crippen LogP contribution in [0, 0.1) is 0 Å². The minimum Gasteiger partial charge on any atom is -0.256 e. The van der Waals surface area contributed by atoms with Gasteiger partial charge in [0.2, 0.25) is 0 Å². The fourth-order valence-electron chi connectivity index (χ4n) is 8.63. The molecule has 0 spiro atoms. The first kappa shape index (κ1) is 33.6. The minimum absolute atomic E-state index is 0.680. The van der Waals surface area contributed by atoms with Crippen molar-refractivity contribution in [1.29, 1.82) is 0 Å². The molecule has 0 unspecified atom stereocenters. The molecule has 3 heteroatoms. The molecule has 2 heterocycles. The lowest BCUT2D eigenvalue weighted by molar-refractivity contribution is 1.18. The SMILES string of the molecule is c1ccc(-c2cc(-c3ccc(-c4ccccn4)cc3)nc(-c3cccc(-c4c5ccccc5c(-c5cc6ccccc6c6ccccc56)c5ccccc45)c3)n2)cc1.